The minimum absolute atomic E-state index is 0.571. The number of ether oxygens (including phenoxy) is 2. The molecule has 0 bridgehead atoms. The van der Waals surface area contributed by atoms with Crippen LogP contribution in [0, 0.1) is 5.41 Å². The fourth-order valence-electron chi connectivity index (χ4n) is 0.684. The van der Waals surface area contributed by atoms with Gasteiger partial charge in [0.05, 0.1) is 5.41 Å². The summed E-state index contributed by atoms with van der Waals surface area (Å²) < 4.78 is 9.13. The van der Waals surface area contributed by atoms with Crippen LogP contribution in [0.15, 0.2) is 12.7 Å². The van der Waals surface area contributed by atoms with Gasteiger partial charge in [0.2, 0.25) is 6.10 Å². The molecule has 0 rings (SSSR count). The Bertz CT molecular complexity index is 311. The zero-order chi connectivity index (χ0) is 12.9. The first-order chi connectivity index (χ1) is 7.18. The van der Waals surface area contributed by atoms with Gasteiger partial charge in [-0.1, -0.05) is 6.58 Å². The van der Waals surface area contributed by atoms with E-state index in [1.807, 2.05) is 0 Å². The van der Waals surface area contributed by atoms with Gasteiger partial charge in [0.25, 0.3) is 0 Å². The van der Waals surface area contributed by atoms with Gasteiger partial charge in [0, 0.05) is 6.92 Å². The number of hydrogen-bond donors (Lipinski definition) is 0. The molecule has 0 aromatic heterocycles. The molecule has 0 heterocycles. The van der Waals surface area contributed by atoms with Crippen LogP contribution in [-0.4, -0.2) is 24.0 Å². The van der Waals surface area contributed by atoms with Crippen LogP contribution < -0.4 is 0 Å². The molecule has 0 saturated heterocycles. The third-order valence-corrected chi connectivity index (χ3v) is 1.54. The van der Waals surface area contributed by atoms with Crippen LogP contribution in [0.4, 0.5) is 0 Å². The van der Waals surface area contributed by atoms with Gasteiger partial charge in [0.15, 0.2) is 0 Å². The molecule has 0 fully saturated rings. The highest BCUT2D eigenvalue weighted by Gasteiger charge is 2.29. The Morgan fingerprint density at radius 1 is 1.25 bits per heavy atom. The van der Waals surface area contributed by atoms with Crippen molar-refractivity contribution in [2.24, 2.45) is 5.41 Å². The first-order valence-corrected chi connectivity index (χ1v) is 4.74. The van der Waals surface area contributed by atoms with Crippen molar-refractivity contribution in [1.29, 1.82) is 0 Å². The molecular formula is C11H16O5. The standard InChI is InChI=1S/C11H16O5/c1-6-8(9(13)15-7(2)12)16-10(14)11(3,4)5/h6,8H,1H2,2-5H3. The first-order valence-electron chi connectivity index (χ1n) is 4.74. The maximum atomic E-state index is 11.5. The van der Waals surface area contributed by atoms with Crippen molar-refractivity contribution in [3.63, 3.8) is 0 Å². The maximum absolute atomic E-state index is 11.5. The minimum Gasteiger partial charge on any atom is -0.446 e. The van der Waals surface area contributed by atoms with Crippen LogP contribution in [0.2, 0.25) is 0 Å². The molecule has 16 heavy (non-hydrogen) atoms. The smallest absolute Gasteiger partial charge is 0.359 e. The third kappa shape index (κ3) is 4.72. The summed E-state index contributed by atoms with van der Waals surface area (Å²) in [6.45, 7) is 9.36. The van der Waals surface area contributed by atoms with Crippen LogP contribution in [0.3, 0.4) is 0 Å². The van der Waals surface area contributed by atoms with Crippen LogP contribution in [0.25, 0.3) is 0 Å². The second-order valence-electron chi connectivity index (χ2n) is 4.22. The first kappa shape index (κ1) is 14.3. The Morgan fingerprint density at radius 2 is 1.75 bits per heavy atom. The van der Waals surface area contributed by atoms with Crippen LogP contribution in [0.5, 0.6) is 0 Å². The molecule has 0 aromatic rings. The second-order valence-corrected chi connectivity index (χ2v) is 4.22. The summed E-state index contributed by atoms with van der Waals surface area (Å²) in [7, 11) is 0. The van der Waals surface area contributed by atoms with Crippen LogP contribution in [0.1, 0.15) is 27.7 Å². The molecule has 0 aromatic carbocycles. The second kappa shape index (κ2) is 5.44. The van der Waals surface area contributed by atoms with Gasteiger partial charge < -0.3 is 9.47 Å². The Labute approximate surface area is 94.4 Å². The van der Waals surface area contributed by atoms with Crippen molar-refractivity contribution in [1.82, 2.24) is 0 Å². The number of hydrogen-bond acceptors (Lipinski definition) is 5. The summed E-state index contributed by atoms with van der Waals surface area (Å²) in [6.07, 6.45) is -0.148. The predicted molar refractivity (Wildman–Crippen MR) is 56.3 cm³/mol. The molecule has 0 aliphatic carbocycles. The molecule has 5 heteroatoms. The molecule has 0 spiro atoms. The molecule has 0 amide bonds. The fourth-order valence-corrected chi connectivity index (χ4v) is 0.684. The third-order valence-electron chi connectivity index (χ3n) is 1.54. The minimum atomic E-state index is -1.25. The molecule has 1 atom stereocenters. The topological polar surface area (TPSA) is 69.7 Å². The van der Waals surface area contributed by atoms with E-state index in [2.05, 4.69) is 11.3 Å². The average Bonchev–Trinajstić information content (AvgIpc) is 2.10. The predicted octanol–water partition coefficient (Wildman–Crippen LogP) is 1.22. The number of esters is 3. The van der Waals surface area contributed by atoms with E-state index < -0.39 is 29.4 Å². The number of rotatable bonds is 3. The lowest BCUT2D eigenvalue weighted by Crippen LogP contribution is -2.33. The van der Waals surface area contributed by atoms with Gasteiger partial charge >= 0.3 is 17.9 Å². The van der Waals surface area contributed by atoms with Crippen molar-refractivity contribution >= 4 is 17.9 Å². The normalized spacial score (nSPS) is 12.5. The molecule has 0 radical (unpaired) electrons. The Kier molecular flexibility index (Phi) is 4.88. The van der Waals surface area contributed by atoms with Gasteiger partial charge in [-0.15, -0.1) is 0 Å². The number of carbonyl (C=O) groups is 3. The van der Waals surface area contributed by atoms with Crippen molar-refractivity contribution in [3.8, 4) is 0 Å². The molecular weight excluding hydrogens is 212 g/mol. The lowest BCUT2D eigenvalue weighted by molar-refractivity contribution is -0.173. The van der Waals surface area contributed by atoms with E-state index in [0.717, 1.165) is 13.0 Å². The molecule has 90 valence electrons. The average molecular weight is 228 g/mol. The highest BCUT2D eigenvalue weighted by atomic mass is 16.6. The van der Waals surface area contributed by atoms with Gasteiger partial charge in [-0.3, -0.25) is 9.59 Å². The van der Waals surface area contributed by atoms with Gasteiger partial charge in [0.1, 0.15) is 0 Å². The molecule has 0 N–H and O–H groups in total. The van der Waals surface area contributed by atoms with Crippen LogP contribution in [-0.2, 0) is 23.9 Å². The van der Waals surface area contributed by atoms with E-state index in [4.69, 9.17) is 4.74 Å². The van der Waals surface area contributed by atoms with E-state index in [0.29, 0.717) is 0 Å². The summed E-state index contributed by atoms with van der Waals surface area (Å²) >= 11 is 0. The molecule has 1 unspecified atom stereocenters. The van der Waals surface area contributed by atoms with Gasteiger partial charge in [-0.05, 0) is 26.8 Å². The van der Waals surface area contributed by atoms with E-state index in [1.165, 1.54) is 0 Å². The SMILES string of the molecule is C=CC(OC(=O)C(C)(C)C)C(=O)OC(C)=O. The quantitative estimate of drug-likeness (QED) is 0.412. The van der Waals surface area contributed by atoms with Gasteiger partial charge in [-0.25, -0.2) is 4.79 Å². The van der Waals surface area contributed by atoms with Crippen LogP contribution >= 0.6 is 0 Å². The number of carbonyl (C=O) groups excluding carboxylic acids is 3. The van der Waals surface area contributed by atoms with Gasteiger partial charge in [-0.2, -0.15) is 0 Å². The zero-order valence-corrected chi connectivity index (χ0v) is 9.90. The maximum Gasteiger partial charge on any atom is 0.359 e. The molecule has 0 saturated carbocycles. The lowest BCUT2D eigenvalue weighted by atomic mass is 9.97. The summed E-state index contributed by atoms with van der Waals surface area (Å²) in [5.74, 6) is -2.28. The monoisotopic (exact) mass is 228 g/mol. The molecule has 0 aliphatic rings. The highest BCUT2D eigenvalue weighted by molar-refractivity contribution is 5.89. The van der Waals surface area contributed by atoms with Crippen molar-refractivity contribution in [3.05, 3.63) is 12.7 Å². The summed E-state index contributed by atoms with van der Waals surface area (Å²) in [5, 5.41) is 0. The summed E-state index contributed by atoms with van der Waals surface area (Å²) in [5.41, 5.74) is -0.738. The molecule has 0 aliphatic heterocycles. The Morgan fingerprint density at radius 3 is 2.06 bits per heavy atom. The van der Waals surface area contributed by atoms with E-state index in [1.54, 1.807) is 20.8 Å². The van der Waals surface area contributed by atoms with E-state index in [-0.39, 0.29) is 0 Å². The zero-order valence-electron chi connectivity index (χ0n) is 9.90. The Balaban J connectivity index is 4.53. The Hall–Kier alpha value is -1.65. The largest absolute Gasteiger partial charge is 0.446 e. The van der Waals surface area contributed by atoms with Crippen molar-refractivity contribution in [2.75, 3.05) is 0 Å². The van der Waals surface area contributed by atoms with E-state index >= 15 is 0 Å². The lowest BCUT2D eigenvalue weighted by Gasteiger charge is -2.19. The molecule has 5 nitrogen and oxygen atoms in total. The van der Waals surface area contributed by atoms with Crippen molar-refractivity contribution in [2.45, 2.75) is 33.8 Å². The summed E-state index contributed by atoms with van der Waals surface area (Å²) in [4.78, 5) is 33.3. The fraction of sp³-hybridized carbons (Fsp3) is 0.545. The van der Waals surface area contributed by atoms with Crippen molar-refractivity contribution < 1.29 is 23.9 Å². The highest BCUT2D eigenvalue weighted by Crippen LogP contribution is 2.17. The van der Waals surface area contributed by atoms with E-state index in [9.17, 15) is 14.4 Å². The summed E-state index contributed by atoms with van der Waals surface area (Å²) in [6, 6.07) is 0.